The third-order valence-electron chi connectivity index (χ3n) is 5.54. The van der Waals surface area contributed by atoms with E-state index in [2.05, 4.69) is 23.5 Å². The van der Waals surface area contributed by atoms with E-state index in [4.69, 9.17) is 5.41 Å². The molecule has 3 nitrogen and oxygen atoms in total. The molecule has 0 amide bonds. The largest absolute Gasteiger partial charge is 0.393 e. The number of anilines is 1. The predicted octanol–water partition coefficient (Wildman–Crippen LogP) is 8.80. The lowest BCUT2D eigenvalue weighted by atomic mass is 9.75. The highest BCUT2D eigenvalue weighted by Gasteiger charge is 2.65. The Balaban J connectivity index is 0.000000362. The van der Waals surface area contributed by atoms with Gasteiger partial charge in [0, 0.05) is 17.2 Å². The fourth-order valence-electron chi connectivity index (χ4n) is 3.50. The van der Waals surface area contributed by atoms with E-state index in [1.807, 2.05) is 32.0 Å². The first-order valence-electron chi connectivity index (χ1n) is 10.7. The molecule has 0 radical (unpaired) electrons. The maximum absolute atomic E-state index is 12.6. The van der Waals surface area contributed by atoms with E-state index in [0.717, 1.165) is 28.9 Å². The number of aryl methyl sites for hydroxylation is 1. The van der Waals surface area contributed by atoms with Crippen molar-refractivity contribution >= 4 is 32.3 Å². The fourth-order valence-corrected chi connectivity index (χ4v) is 4.99. The van der Waals surface area contributed by atoms with Crippen molar-refractivity contribution in [2.45, 2.75) is 57.0 Å². The number of hydrogen-bond acceptors (Lipinski definition) is 3. The lowest BCUT2D eigenvalue weighted by molar-refractivity contribution is 0.100. The molecule has 0 heterocycles. The van der Waals surface area contributed by atoms with Crippen molar-refractivity contribution in [2.24, 2.45) is 0 Å². The number of aliphatic hydroxyl groups excluding tert-OH is 1. The van der Waals surface area contributed by atoms with Crippen LogP contribution in [0, 0.1) is 12.3 Å². The van der Waals surface area contributed by atoms with Crippen LogP contribution in [0.3, 0.4) is 0 Å². The third-order valence-corrected chi connectivity index (χ3v) is 7.53. The second-order valence-corrected chi connectivity index (χ2v) is 15.7. The quantitative estimate of drug-likeness (QED) is 0.237. The number of benzene rings is 2. The molecule has 2 unspecified atom stereocenters. The number of halogens is 5. The minimum absolute atomic E-state index is 0.396. The summed E-state index contributed by atoms with van der Waals surface area (Å²) in [6.45, 7) is 7.15. The van der Waals surface area contributed by atoms with Crippen molar-refractivity contribution < 1.29 is 24.5 Å². The van der Waals surface area contributed by atoms with Crippen molar-refractivity contribution in [1.82, 2.24) is 0 Å². The molecule has 0 bridgehead atoms. The molecule has 0 spiro atoms. The predicted molar refractivity (Wildman–Crippen MR) is 140 cm³/mol. The van der Waals surface area contributed by atoms with Crippen LogP contribution >= 0.6 is 20.4 Å². The molecular weight excluding hydrogens is 491 g/mol. The van der Waals surface area contributed by atoms with Crippen LogP contribution in [0.5, 0.6) is 0 Å². The monoisotopic (exact) mass is 528 g/mol. The van der Waals surface area contributed by atoms with Gasteiger partial charge in [-0.2, -0.15) is 10.2 Å². The number of nitrogens with one attached hydrogen (secondary N) is 2. The van der Waals surface area contributed by atoms with E-state index in [9.17, 15) is 24.5 Å². The Morgan fingerprint density at radius 3 is 1.97 bits per heavy atom. The van der Waals surface area contributed by atoms with Crippen molar-refractivity contribution in [1.29, 1.82) is 5.41 Å². The van der Waals surface area contributed by atoms with Gasteiger partial charge in [-0.25, -0.2) is 0 Å². The van der Waals surface area contributed by atoms with Crippen molar-refractivity contribution in [2.75, 3.05) is 23.5 Å². The lowest BCUT2D eigenvalue weighted by Gasteiger charge is -2.41. The molecule has 10 heteroatoms. The minimum Gasteiger partial charge on any atom is -0.393 e. The molecule has 2 aromatic rings. The topological polar surface area (TPSA) is 56.1 Å². The molecule has 34 heavy (non-hydrogen) atoms. The molecule has 0 aliphatic carbocycles. The molecule has 2 atom stereocenters. The van der Waals surface area contributed by atoms with E-state index in [-0.39, 0.29) is 0 Å². The first-order valence-corrected chi connectivity index (χ1v) is 15.5. The zero-order valence-electron chi connectivity index (χ0n) is 20.8. The van der Waals surface area contributed by atoms with Gasteiger partial charge >= 0.3 is 10.2 Å². The zero-order chi connectivity index (χ0) is 26.7. The zero-order valence-corrected chi connectivity index (χ0v) is 22.4. The van der Waals surface area contributed by atoms with Gasteiger partial charge < -0.3 is 15.2 Å². The van der Waals surface area contributed by atoms with Gasteiger partial charge in [0.2, 0.25) is 0 Å². The summed E-state index contributed by atoms with van der Waals surface area (Å²) in [7, 11) is -10.4. The Hall–Kier alpha value is -1.78. The molecule has 0 fully saturated rings. The van der Waals surface area contributed by atoms with E-state index in [1.165, 1.54) is 13.1 Å². The Morgan fingerprint density at radius 1 is 1.06 bits per heavy atom. The Bertz CT molecular complexity index is 988. The van der Waals surface area contributed by atoms with Gasteiger partial charge in [-0.1, -0.05) is 64.0 Å². The molecule has 196 valence electrons. The second-order valence-electron chi connectivity index (χ2n) is 9.46. The first-order chi connectivity index (χ1) is 15.1. The molecule has 0 aliphatic rings. The van der Waals surface area contributed by atoms with Crippen LogP contribution in [-0.4, -0.2) is 36.2 Å². The summed E-state index contributed by atoms with van der Waals surface area (Å²) in [5.74, 6) is 0. The molecule has 0 saturated carbocycles. The molecule has 0 aromatic heterocycles. The summed E-state index contributed by atoms with van der Waals surface area (Å²) in [6, 6.07) is 8.93. The highest BCUT2D eigenvalue weighted by Crippen LogP contribution is 3.02. The summed E-state index contributed by atoms with van der Waals surface area (Å²) in [6.07, 6.45) is 8.47. The minimum atomic E-state index is -9.63. The van der Waals surface area contributed by atoms with Crippen LogP contribution in [0.4, 0.5) is 25.1 Å². The maximum atomic E-state index is 12.6. The number of rotatable bonds is 8. The normalized spacial score (nSPS) is 17.2. The standard InChI is InChI=1S/C13H19F5OS.C11H18N2S/c1-4-9-13(3,10(2)19)11-5-7-12(8-6-11)20(14,15,16,17)18;1-9-6-5-7-11(10(9)8-12)13-14(2,3)4/h5-8,10,19H,4,9H2,1-3H3;5-8,12-13H,1-4H3. The maximum Gasteiger partial charge on any atom is 0.310 e. The van der Waals surface area contributed by atoms with Gasteiger partial charge in [-0.3, -0.25) is 0 Å². The summed E-state index contributed by atoms with van der Waals surface area (Å²) in [5.41, 5.74) is 2.87. The fraction of sp³-hybridized carbons (Fsp3) is 0.458. The molecule has 0 aliphatic heterocycles. The molecule has 0 saturated heterocycles. The summed E-state index contributed by atoms with van der Waals surface area (Å²) < 4.78 is 66.6. The van der Waals surface area contributed by atoms with Crippen molar-refractivity contribution in [3.63, 3.8) is 0 Å². The van der Waals surface area contributed by atoms with Gasteiger partial charge in [-0.15, -0.1) is 0 Å². The van der Waals surface area contributed by atoms with Gasteiger partial charge in [0.05, 0.1) is 11.8 Å². The molecular formula is C24H37F5N2OS2. The van der Waals surface area contributed by atoms with Gasteiger partial charge in [-0.05, 0) is 68.4 Å². The Labute approximate surface area is 201 Å². The molecule has 3 N–H and O–H groups in total. The van der Waals surface area contributed by atoms with Gasteiger partial charge in [0.1, 0.15) is 4.90 Å². The van der Waals surface area contributed by atoms with E-state index in [0.29, 0.717) is 30.5 Å². The highest BCUT2D eigenvalue weighted by molar-refractivity contribution is 8.45. The average Bonchev–Trinajstić information content (AvgIpc) is 2.66. The van der Waals surface area contributed by atoms with Crippen LogP contribution in [0.25, 0.3) is 0 Å². The second kappa shape index (κ2) is 9.70. The van der Waals surface area contributed by atoms with Gasteiger partial charge in [0.15, 0.2) is 0 Å². The first kappa shape index (κ1) is 30.3. The Kier molecular flexibility index (Phi) is 8.63. The van der Waals surface area contributed by atoms with Crippen LogP contribution in [0.1, 0.15) is 50.3 Å². The third kappa shape index (κ3) is 8.46. The summed E-state index contributed by atoms with van der Waals surface area (Å²) in [4.78, 5) is -1.90. The summed E-state index contributed by atoms with van der Waals surface area (Å²) in [5, 5.41) is 17.2. The highest BCUT2D eigenvalue weighted by atomic mass is 32.5. The number of aliphatic hydroxyl groups is 1. The van der Waals surface area contributed by atoms with E-state index < -0.39 is 36.9 Å². The van der Waals surface area contributed by atoms with Crippen molar-refractivity contribution in [3.8, 4) is 0 Å². The van der Waals surface area contributed by atoms with E-state index >= 15 is 0 Å². The molecule has 2 rings (SSSR count). The van der Waals surface area contributed by atoms with Crippen LogP contribution < -0.4 is 4.72 Å². The van der Waals surface area contributed by atoms with Crippen LogP contribution in [0.15, 0.2) is 47.4 Å². The van der Waals surface area contributed by atoms with Crippen molar-refractivity contribution in [3.05, 3.63) is 59.2 Å². The Morgan fingerprint density at radius 2 is 1.59 bits per heavy atom. The van der Waals surface area contributed by atoms with Crippen LogP contribution in [-0.2, 0) is 5.41 Å². The molecule has 2 aromatic carbocycles. The van der Waals surface area contributed by atoms with Gasteiger partial charge in [0.25, 0.3) is 0 Å². The van der Waals surface area contributed by atoms with Crippen LogP contribution in [0.2, 0.25) is 0 Å². The smallest absolute Gasteiger partial charge is 0.310 e. The number of hydrogen-bond donors (Lipinski definition) is 3. The summed E-state index contributed by atoms with van der Waals surface area (Å²) >= 11 is 0. The SMILES string of the molecule is CCCC(C)(c1ccc(S(F)(F)(F)(F)F)cc1)C(C)O.Cc1cccc(NS(C)(C)C)c1C=N. The lowest BCUT2D eigenvalue weighted by Crippen LogP contribution is -2.34. The average molecular weight is 529 g/mol. The van der Waals surface area contributed by atoms with E-state index in [1.54, 1.807) is 6.92 Å².